The quantitative estimate of drug-likeness (QED) is 0.254. The first-order valence-corrected chi connectivity index (χ1v) is 2.51. The largest absolute Gasteiger partial charge is 0.465 e. The van der Waals surface area contributed by atoms with Crippen molar-refractivity contribution < 1.29 is 14.7 Å². The minimum Gasteiger partial charge on any atom is -0.465 e. The maximum Gasteiger partial charge on any atom is 0.407 e. The molecule has 0 spiro atoms. The van der Waals surface area contributed by atoms with Crippen LogP contribution in [0.25, 0.3) is 0 Å². The van der Waals surface area contributed by atoms with Gasteiger partial charge >= 0.3 is 6.09 Å². The second-order valence-electron chi connectivity index (χ2n) is 1.71. The summed E-state index contributed by atoms with van der Waals surface area (Å²) in [5.74, 6) is 4.16. The number of nitrogens with two attached hydrogens (primary N) is 1. The molecule has 0 saturated heterocycles. The molecule has 6 heteroatoms. The van der Waals surface area contributed by atoms with Gasteiger partial charge in [-0.1, -0.05) is 0 Å². The predicted molar refractivity (Wildman–Crippen MR) is 33.0 cm³/mol. The van der Waals surface area contributed by atoms with E-state index in [2.05, 4.69) is 0 Å². The number of rotatable bonds is 2. The summed E-state index contributed by atoms with van der Waals surface area (Å²) in [6.07, 6.45) is -1.16. The van der Waals surface area contributed by atoms with Crippen LogP contribution in [0.5, 0.6) is 0 Å². The lowest BCUT2D eigenvalue weighted by Gasteiger charge is -2.10. The smallest absolute Gasteiger partial charge is 0.407 e. The van der Waals surface area contributed by atoms with Crippen LogP contribution in [0.15, 0.2) is 0 Å². The van der Waals surface area contributed by atoms with E-state index >= 15 is 0 Å². The van der Waals surface area contributed by atoms with E-state index < -0.39 is 12.0 Å². The minimum absolute atomic E-state index is 0.244. The Kier molecular flexibility index (Phi) is 3.20. The van der Waals surface area contributed by atoms with Crippen LogP contribution < -0.4 is 11.3 Å². The second-order valence-corrected chi connectivity index (χ2v) is 1.71. The number of hydrogen-bond acceptors (Lipinski definition) is 3. The number of nitrogens with zero attached hydrogens (tertiary/aromatic N) is 1. The van der Waals surface area contributed by atoms with Crippen molar-refractivity contribution in [2.75, 3.05) is 13.6 Å². The van der Waals surface area contributed by atoms with E-state index in [-0.39, 0.29) is 6.54 Å². The molecule has 0 saturated carbocycles. The molecule has 2 amide bonds. The molecule has 58 valence electrons. The molecule has 0 aromatic rings. The third-order valence-electron chi connectivity index (χ3n) is 0.868. The van der Waals surface area contributed by atoms with Crippen LogP contribution in [0.2, 0.25) is 0 Å². The molecule has 0 aliphatic heterocycles. The topological polar surface area (TPSA) is 95.7 Å². The van der Waals surface area contributed by atoms with Gasteiger partial charge in [0.15, 0.2) is 0 Å². The van der Waals surface area contributed by atoms with Crippen molar-refractivity contribution in [3.63, 3.8) is 0 Å². The fraction of sp³-hybridized carbons (Fsp3) is 0.500. The highest BCUT2D eigenvalue weighted by molar-refractivity contribution is 5.80. The Bertz CT molecular complexity index is 147. The molecule has 0 aromatic carbocycles. The first kappa shape index (κ1) is 8.70. The van der Waals surface area contributed by atoms with Gasteiger partial charge in [-0.05, 0) is 0 Å². The first-order chi connectivity index (χ1) is 4.57. The maximum absolute atomic E-state index is 10.4. The third kappa shape index (κ3) is 2.88. The van der Waals surface area contributed by atoms with Crippen LogP contribution in [0.1, 0.15) is 0 Å². The van der Waals surface area contributed by atoms with Crippen molar-refractivity contribution in [1.82, 2.24) is 10.3 Å². The summed E-state index contributed by atoms with van der Waals surface area (Å²) in [4.78, 5) is 21.3. The fourth-order valence-corrected chi connectivity index (χ4v) is 0.329. The molecular weight excluding hydrogens is 138 g/mol. The fourth-order valence-electron chi connectivity index (χ4n) is 0.329. The lowest BCUT2D eigenvalue weighted by Crippen LogP contribution is -2.40. The maximum atomic E-state index is 10.4. The highest BCUT2D eigenvalue weighted by atomic mass is 16.4. The summed E-state index contributed by atoms with van der Waals surface area (Å²) in [5, 5.41) is 8.23. The van der Waals surface area contributed by atoms with Crippen molar-refractivity contribution in [1.29, 1.82) is 0 Å². The number of nitrogens with one attached hydrogen (secondary N) is 1. The number of hydrogen-bond donors (Lipinski definition) is 3. The molecule has 0 aliphatic carbocycles. The van der Waals surface area contributed by atoms with Gasteiger partial charge in [-0.15, -0.1) is 0 Å². The van der Waals surface area contributed by atoms with Gasteiger partial charge in [0.05, 0.1) is 0 Å². The normalized spacial score (nSPS) is 8.60. The standard InChI is InChI=1S/C4H9N3O3/c1-7(4(9)10)2-3(8)6-5/h2,5H2,1H3,(H,6,8)(H,9,10). The molecule has 0 bridgehead atoms. The van der Waals surface area contributed by atoms with Crippen LogP contribution in [-0.2, 0) is 4.79 Å². The monoisotopic (exact) mass is 147 g/mol. The zero-order valence-electron chi connectivity index (χ0n) is 5.50. The minimum atomic E-state index is -1.16. The van der Waals surface area contributed by atoms with Crippen molar-refractivity contribution in [2.24, 2.45) is 5.84 Å². The van der Waals surface area contributed by atoms with Gasteiger partial charge in [0.25, 0.3) is 5.91 Å². The number of carboxylic acid groups (broad SMARTS) is 1. The van der Waals surface area contributed by atoms with E-state index in [0.717, 1.165) is 4.90 Å². The summed E-state index contributed by atoms with van der Waals surface area (Å²) in [6.45, 7) is -0.244. The average molecular weight is 147 g/mol. The number of carbonyl (C=O) groups is 2. The van der Waals surface area contributed by atoms with Crippen molar-refractivity contribution in [3.05, 3.63) is 0 Å². The number of carbonyl (C=O) groups excluding carboxylic acids is 1. The first-order valence-electron chi connectivity index (χ1n) is 2.51. The molecule has 0 rings (SSSR count). The van der Waals surface area contributed by atoms with E-state index in [4.69, 9.17) is 10.9 Å². The molecule has 6 nitrogen and oxygen atoms in total. The molecule has 0 fully saturated rings. The summed E-state index contributed by atoms with van der Waals surface area (Å²) in [7, 11) is 1.28. The molecule has 0 aromatic heterocycles. The van der Waals surface area contributed by atoms with Crippen LogP contribution in [0, 0.1) is 0 Å². The highest BCUT2D eigenvalue weighted by Gasteiger charge is 2.08. The van der Waals surface area contributed by atoms with Crippen molar-refractivity contribution in [2.45, 2.75) is 0 Å². The van der Waals surface area contributed by atoms with Gasteiger partial charge in [0.1, 0.15) is 6.54 Å². The van der Waals surface area contributed by atoms with Crippen LogP contribution in [0.3, 0.4) is 0 Å². The Morgan fingerprint density at radius 3 is 2.50 bits per heavy atom. The lowest BCUT2D eigenvalue weighted by atomic mass is 10.5. The van der Waals surface area contributed by atoms with E-state index in [1.165, 1.54) is 7.05 Å². The van der Waals surface area contributed by atoms with Gasteiger partial charge in [-0.3, -0.25) is 10.2 Å². The summed E-state index contributed by atoms with van der Waals surface area (Å²) in [5.41, 5.74) is 1.81. The van der Waals surface area contributed by atoms with Gasteiger partial charge in [0.2, 0.25) is 0 Å². The van der Waals surface area contributed by atoms with E-state index in [9.17, 15) is 9.59 Å². The summed E-state index contributed by atoms with van der Waals surface area (Å²) < 4.78 is 0. The second kappa shape index (κ2) is 3.67. The lowest BCUT2D eigenvalue weighted by molar-refractivity contribution is -0.121. The summed E-state index contributed by atoms with van der Waals surface area (Å²) in [6, 6.07) is 0. The molecule has 0 atom stereocenters. The zero-order chi connectivity index (χ0) is 8.15. The Balaban J connectivity index is 3.68. The Morgan fingerprint density at radius 2 is 2.20 bits per heavy atom. The Labute approximate surface area is 57.6 Å². The molecule has 0 radical (unpaired) electrons. The summed E-state index contributed by atoms with van der Waals surface area (Å²) >= 11 is 0. The molecular formula is C4H9N3O3. The molecule has 0 unspecified atom stereocenters. The van der Waals surface area contributed by atoms with Gasteiger partial charge < -0.3 is 10.0 Å². The van der Waals surface area contributed by atoms with Crippen molar-refractivity contribution >= 4 is 12.0 Å². The predicted octanol–water partition coefficient (Wildman–Crippen LogP) is -1.41. The number of likely N-dealkylation sites (N-methyl/N-ethyl adjacent to an activating group) is 1. The van der Waals surface area contributed by atoms with E-state index in [1.807, 2.05) is 0 Å². The third-order valence-corrected chi connectivity index (χ3v) is 0.868. The van der Waals surface area contributed by atoms with E-state index in [0.29, 0.717) is 0 Å². The van der Waals surface area contributed by atoms with Gasteiger partial charge in [-0.25, -0.2) is 10.6 Å². The number of hydrazine groups is 1. The van der Waals surface area contributed by atoms with Gasteiger partial charge in [-0.2, -0.15) is 0 Å². The van der Waals surface area contributed by atoms with Crippen LogP contribution >= 0.6 is 0 Å². The Morgan fingerprint density at radius 1 is 1.70 bits per heavy atom. The molecule has 10 heavy (non-hydrogen) atoms. The highest BCUT2D eigenvalue weighted by Crippen LogP contribution is 1.80. The molecule has 0 heterocycles. The Hall–Kier alpha value is -1.30. The molecule has 0 aliphatic rings. The SMILES string of the molecule is CN(CC(=O)NN)C(=O)O. The van der Waals surface area contributed by atoms with E-state index in [1.54, 1.807) is 5.43 Å². The average Bonchev–Trinajstić information content (AvgIpc) is 1.87. The van der Waals surface area contributed by atoms with Crippen molar-refractivity contribution in [3.8, 4) is 0 Å². The van der Waals surface area contributed by atoms with Crippen LogP contribution in [0.4, 0.5) is 4.79 Å². The molecule has 4 N–H and O–H groups in total. The van der Waals surface area contributed by atoms with Gasteiger partial charge in [0, 0.05) is 7.05 Å². The van der Waals surface area contributed by atoms with Crippen LogP contribution in [-0.4, -0.2) is 35.6 Å². The zero-order valence-corrected chi connectivity index (χ0v) is 5.50. The number of amides is 2.